The summed E-state index contributed by atoms with van der Waals surface area (Å²) < 4.78 is 15.9. The average molecular weight is 437 g/mol. The van der Waals surface area contributed by atoms with E-state index in [0.29, 0.717) is 48.6 Å². The topological polar surface area (TPSA) is 89.3 Å². The summed E-state index contributed by atoms with van der Waals surface area (Å²) in [6, 6.07) is 4.59. The van der Waals surface area contributed by atoms with E-state index in [1.54, 1.807) is 29.7 Å². The number of rotatable bonds is 5. The Labute approximate surface area is 179 Å². The van der Waals surface area contributed by atoms with Gasteiger partial charge in [0.15, 0.2) is 6.10 Å². The van der Waals surface area contributed by atoms with Crippen LogP contribution >= 0.6 is 11.6 Å². The van der Waals surface area contributed by atoms with Gasteiger partial charge in [-0.3, -0.25) is 9.59 Å². The zero-order valence-corrected chi connectivity index (χ0v) is 18.0. The van der Waals surface area contributed by atoms with E-state index in [9.17, 15) is 14.4 Å². The number of benzene rings is 1. The molecule has 2 aromatic rings. The van der Waals surface area contributed by atoms with Crippen LogP contribution in [0.25, 0.3) is 11.0 Å². The molecule has 1 aliphatic heterocycles. The van der Waals surface area contributed by atoms with E-state index in [1.807, 2.05) is 0 Å². The monoisotopic (exact) mass is 436 g/mol. The highest BCUT2D eigenvalue weighted by Crippen LogP contribution is 2.31. The molecule has 8 nitrogen and oxygen atoms in total. The zero-order valence-electron chi connectivity index (χ0n) is 17.3. The molecular formula is C21H25ClN2O6. The highest BCUT2D eigenvalue weighted by atomic mass is 35.5. The number of methoxy groups -OCH3 is 1. The van der Waals surface area contributed by atoms with E-state index in [0.717, 1.165) is 5.56 Å². The summed E-state index contributed by atoms with van der Waals surface area (Å²) >= 11 is 6.33. The Morgan fingerprint density at radius 2 is 1.87 bits per heavy atom. The Morgan fingerprint density at radius 1 is 1.17 bits per heavy atom. The zero-order chi connectivity index (χ0) is 21.8. The first-order valence-electron chi connectivity index (χ1n) is 9.76. The van der Waals surface area contributed by atoms with Crippen molar-refractivity contribution >= 4 is 34.4 Å². The first kappa shape index (κ1) is 22.1. The van der Waals surface area contributed by atoms with E-state index in [1.165, 1.54) is 19.2 Å². The third-order valence-electron chi connectivity index (χ3n) is 5.08. The van der Waals surface area contributed by atoms with Gasteiger partial charge in [0.05, 0.1) is 5.02 Å². The number of nitrogens with zero attached hydrogens (tertiary/aromatic N) is 2. The van der Waals surface area contributed by atoms with Gasteiger partial charge in [0.2, 0.25) is 5.91 Å². The highest BCUT2D eigenvalue weighted by Gasteiger charge is 2.26. The van der Waals surface area contributed by atoms with E-state index < -0.39 is 11.7 Å². The molecule has 1 fully saturated rings. The number of halogens is 1. The first-order valence-corrected chi connectivity index (χ1v) is 10.1. The van der Waals surface area contributed by atoms with Crippen LogP contribution in [-0.2, 0) is 14.3 Å². The molecule has 0 N–H and O–H groups in total. The predicted molar refractivity (Wildman–Crippen MR) is 112 cm³/mol. The molecule has 0 spiro atoms. The van der Waals surface area contributed by atoms with Crippen molar-refractivity contribution in [3.05, 3.63) is 39.2 Å². The van der Waals surface area contributed by atoms with Gasteiger partial charge in [-0.2, -0.15) is 0 Å². The lowest BCUT2D eigenvalue weighted by Gasteiger charge is -2.25. The maximum Gasteiger partial charge on any atom is 0.336 e. The minimum Gasteiger partial charge on any atom is -0.479 e. The maximum absolute atomic E-state index is 12.9. The second-order valence-electron chi connectivity index (χ2n) is 7.28. The number of aryl methyl sites for hydroxylation is 1. The van der Waals surface area contributed by atoms with Crippen LogP contribution in [0.4, 0.5) is 0 Å². The Hall–Kier alpha value is -2.58. The first-order chi connectivity index (χ1) is 14.3. The van der Waals surface area contributed by atoms with Gasteiger partial charge in [-0.05, 0) is 31.9 Å². The molecule has 1 aliphatic rings. The van der Waals surface area contributed by atoms with Gasteiger partial charge < -0.3 is 23.7 Å². The van der Waals surface area contributed by atoms with Gasteiger partial charge in [0.1, 0.15) is 17.9 Å². The van der Waals surface area contributed by atoms with Crippen LogP contribution in [0.2, 0.25) is 5.02 Å². The largest absolute Gasteiger partial charge is 0.479 e. The molecule has 2 amide bonds. The van der Waals surface area contributed by atoms with Gasteiger partial charge in [0.25, 0.3) is 5.91 Å². The molecule has 1 aromatic carbocycles. The lowest BCUT2D eigenvalue weighted by atomic mass is 10.1. The van der Waals surface area contributed by atoms with Crippen molar-refractivity contribution in [3.8, 4) is 5.75 Å². The van der Waals surface area contributed by atoms with Crippen LogP contribution in [0.15, 0.2) is 27.4 Å². The Bertz CT molecular complexity index is 1000. The van der Waals surface area contributed by atoms with Gasteiger partial charge >= 0.3 is 5.63 Å². The van der Waals surface area contributed by atoms with Crippen LogP contribution in [0.3, 0.4) is 0 Å². The van der Waals surface area contributed by atoms with E-state index in [2.05, 4.69) is 0 Å². The van der Waals surface area contributed by atoms with Crippen molar-refractivity contribution in [2.45, 2.75) is 26.4 Å². The SMILES string of the molecule is COCC(=O)N1CCCN(C(=O)C(C)Oc2cc3oc(=O)cc(C)c3cc2Cl)CC1. The number of carbonyl (C=O) groups is 2. The third kappa shape index (κ3) is 4.94. The third-order valence-corrected chi connectivity index (χ3v) is 5.38. The minimum atomic E-state index is -0.794. The fraction of sp³-hybridized carbons (Fsp3) is 0.476. The molecule has 2 heterocycles. The molecule has 3 rings (SSSR count). The quantitative estimate of drug-likeness (QED) is 0.668. The molecule has 1 saturated heterocycles. The van der Waals surface area contributed by atoms with Gasteiger partial charge in [-0.1, -0.05) is 11.6 Å². The molecule has 0 radical (unpaired) electrons. The van der Waals surface area contributed by atoms with Crippen molar-refractivity contribution in [1.82, 2.24) is 9.80 Å². The Morgan fingerprint density at radius 3 is 2.60 bits per heavy atom. The van der Waals surface area contributed by atoms with Crippen molar-refractivity contribution in [2.24, 2.45) is 0 Å². The fourth-order valence-electron chi connectivity index (χ4n) is 3.51. The summed E-state index contributed by atoms with van der Waals surface area (Å²) in [5.74, 6) is -0.0146. The summed E-state index contributed by atoms with van der Waals surface area (Å²) in [6.45, 7) is 5.45. The minimum absolute atomic E-state index is 0.0313. The second-order valence-corrected chi connectivity index (χ2v) is 7.69. The number of amides is 2. The van der Waals surface area contributed by atoms with Crippen molar-refractivity contribution in [1.29, 1.82) is 0 Å². The number of carbonyl (C=O) groups excluding carboxylic acids is 2. The van der Waals surface area contributed by atoms with Crippen LogP contribution < -0.4 is 10.4 Å². The molecular weight excluding hydrogens is 412 g/mol. The smallest absolute Gasteiger partial charge is 0.336 e. The van der Waals surface area contributed by atoms with Crippen LogP contribution in [0.1, 0.15) is 18.9 Å². The molecule has 0 aliphatic carbocycles. The number of hydrogen-bond donors (Lipinski definition) is 0. The molecule has 1 aromatic heterocycles. The van der Waals surface area contributed by atoms with Crippen LogP contribution in [-0.4, -0.2) is 67.6 Å². The molecule has 9 heteroatoms. The summed E-state index contributed by atoms with van der Waals surface area (Å²) in [5.41, 5.74) is 0.631. The maximum atomic E-state index is 12.9. The molecule has 162 valence electrons. The van der Waals surface area contributed by atoms with Gasteiger partial charge in [0, 0.05) is 50.8 Å². The number of hydrogen-bond acceptors (Lipinski definition) is 6. The van der Waals surface area contributed by atoms with Crippen LogP contribution in [0.5, 0.6) is 5.75 Å². The molecule has 30 heavy (non-hydrogen) atoms. The summed E-state index contributed by atoms with van der Waals surface area (Å²) in [7, 11) is 1.48. The number of ether oxygens (including phenoxy) is 2. The number of fused-ring (bicyclic) bond motifs is 1. The predicted octanol–water partition coefficient (Wildman–Crippen LogP) is 2.23. The normalized spacial score (nSPS) is 15.7. The second kappa shape index (κ2) is 9.49. The lowest BCUT2D eigenvalue weighted by molar-refractivity contribution is -0.139. The Kier molecular flexibility index (Phi) is 6.99. The average Bonchev–Trinajstić information content (AvgIpc) is 2.95. The highest BCUT2D eigenvalue weighted by molar-refractivity contribution is 6.32. The van der Waals surface area contributed by atoms with Gasteiger partial charge in [-0.25, -0.2) is 4.79 Å². The van der Waals surface area contributed by atoms with Crippen LogP contribution in [0, 0.1) is 6.92 Å². The lowest BCUT2D eigenvalue weighted by Crippen LogP contribution is -2.43. The van der Waals surface area contributed by atoms with Crippen molar-refractivity contribution < 1.29 is 23.5 Å². The molecule has 1 atom stereocenters. The summed E-state index contributed by atoms with van der Waals surface area (Å²) in [5, 5.41) is 1.03. The molecule has 0 saturated carbocycles. The fourth-order valence-corrected chi connectivity index (χ4v) is 3.72. The molecule has 1 unspecified atom stereocenters. The van der Waals surface area contributed by atoms with Crippen molar-refractivity contribution in [2.75, 3.05) is 39.9 Å². The summed E-state index contributed by atoms with van der Waals surface area (Å²) in [4.78, 5) is 40.0. The van der Waals surface area contributed by atoms with E-state index in [-0.39, 0.29) is 24.2 Å². The summed E-state index contributed by atoms with van der Waals surface area (Å²) in [6.07, 6.45) is -0.118. The van der Waals surface area contributed by atoms with E-state index >= 15 is 0 Å². The van der Waals surface area contributed by atoms with Gasteiger partial charge in [-0.15, -0.1) is 0 Å². The standard InChI is InChI=1S/C21H25ClN2O6/c1-13-9-20(26)30-17-11-18(16(22)10-15(13)17)29-14(2)21(27)24-6-4-5-23(7-8-24)19(25)12-28-3/h9-11,14H,4-8,12H2,1-3H3. The Balaban J connectivity index is 1.70. The van der Waals surface area contributed by atoms with E-state index in [4.69, 9.17) is 25.5 Å². The molecule has 0 bridgehead atoms. The van der Waals surface area contributed by atoms with Crippen molar-refractivity contribution in [3.63, 3.8) is 0 Å².